The highest BCUT2D eigenvalue weighted by atomic mass is 16.2. The molecule has 330 valence electrons. The monoisotopic (exact) mass is 862 g/mol. The number of fused-ring (bicyclic) bond motifs is 4. The lowest BCUT2D eigenvalue weighted by atomic mass is 9.75. The van der Waals surface area contributed by atoms with Crippen molar-refractivity contribution >= 4 is 45.2 Å². The van der Waals surface area contributed by atoms with E-state index in [1.54, 1.807) is 48.5 Å². The number of rotatable bonds is 8. The third-order valence-electron chi connectivity index (χ3n) is 16.7. The van der Waals surface area contributed by atoms with E-state index < -0.39 is 0 Å². The molecule has 4 amide bonds. The van der Waals surface area contributed by atoms with E-state index in [1.807, 2.05) is 0 Å². The lowest BCUT2D eigenvalue weighted by molar-refractivity contribution is 0.0506. The van der Waals surface area contributed by atoms with Gasteiger partial charge in [0.05, 0.1) is 43.8 Å². The van der Waals surface area contributed by atoms with E-state index in [-0.39, 0.29) is 91.6 Å². The smallest absolute Gasteiger partial charge is 0.261 e. The van der Waals surface area contributed by atoms with E-state index >= 15 is 0 Å². The van der Waals surface area contributed by atoms with Crippen LogP contribution in [0.2, 0.25) is 0 Å². The summed E-state index contributed by atoms with van der Waals surface area (Å²) >= 11 is 0. The third-order valence-corrected chi connectivity index (χ3v) is 16.7. The molecule has 2 aliphatic heterocycles. The van der Waals surface area contributed by atoms with Crippen molar-refractivity contribution < 1.29 is 19.2 Å². The number of imide groups is 2. The molecule has 4 heterocycles. The van der Waals surface area contributed by atoms with Gasteiger partial charge in [0, 0.05) is 24.2 Å². The fraction of sp³-hybridized carbons (Fsp3) is 0.500. The van der Waals surface area contributed by atoms with E-state index in [2.05, 4.69) is 0 Å². The van der Waals surface area contributed by atoms with Crippen LogP contribution in [0.5, 0.6) is 0 Å². The molecule has 11 rings (SSSR count). The first-order chi connectivity index (χ1) is 31.0. The van der Waals surface area contributed by atoms with Crippen LogP contribution in [0.15, 0.2) is 79.8 Å². The number of hydrogen-bond donors (Lipinski definition) is 0. The molecule has 0 bridgehead atoms. The Kier molecular flexibility index (Phi) is 10.3. The van der Waals surface area contributed by atoms with Crippen LogP contribution in [0.4, 0.5) is 0 Å². The Morgan fingerprint density at radius 2 is 0.562 bits per heavy atom. The van der Waals surface area contributed by atoms with Crippen LogP contribution in [0, 0.1) is 23.7 Å². The highest BCUT2D eigenvalue weighted by Gasteiger charge is 2.43. The molecule has 0 atom stereocenters. The van der Waals surface area contributed by atoms with Gasteiger partial charge in [-0.15, -0.1) is 0 Å². The lowest BCUT2D eigenvalue weighted by Crippen LogP contribution is -2.42. The van der Waals surface area contributed by atoms with Gasteiger partial charge in [-0.1, -0.05) is 24.3 Å². The summed E-state index contributed by atoms with van der Waals surface area (Å²) in [5.41, 5.74) is 0.483. The Hall–Kier alpha value is -5.78. The molecule has 12 nitrogen and oxygen atoms in total. The van der Waals surface area contributed by atoms with Crippen LogP contribution in [-0.4, -0.2) is 54.6 Å². The van der Waals surface area contributed by atoms with Gasteiger partial charge in [0.15, 0.2) is 0 Å². The highest BCUT2D eigenvalue weighted by molar-refractivity contribution is 6.22. The average molecular weight is 863 g/mol. The van der Waals surface area contributed by atoms with Crippen molar-refractivity contribution in [2.75, 3.05) is 0 Å². The molecule has 3 aromatic carbocycles. The second-order valence-electron chi connectivity index (χ2n) is 20.1. The lowest BCUT2D eigenvalue weighted by Gasteiger charge is -2.36. The first kappa shape index (κ1) is 41.0. The van der Waals surface area contributed by atoms with Crippen molar-refractivity contribution in [1.29, 1.82) is 0 Å². The summed E-state index contributed by atoms with van der Waals surface area (Å²) < 4.78 is 2.77. The molecule has 0 unspecified atom stereocenters. The van der Waals surface area contributed by atoms with Gasteiger partial charge >= 0.3 is 0 Å². The van der Waals surface area contributed by atoms with E-state index in [9.17, 15) is 38.4 Å². The number of benzene rings is 3. The van der Waals surface area contributed by atoms with Crippen LogP contribution < -0.4 is 22.2 Å². The summed E-state index contributed by atoms with van der Waals surface area (Å²) in [6, 6.07) is 16.5. The second kappa shape index (κ2) is 16.0. The molecule has 4 saturated carbocycles. The standard InChI is InChI=1S/C52H54N4O8/c57-45-37-5-1-2-6-38(37)46(58)53(45)33-17-9-29(10-18-33)25-31-13-21-35(22-14-31)55-49(61)41-27-43-44(28-42(41)50(55)62)52(64)56(51(43)63)36-23-15-32(16-24-36)26-30-11-19-34(20-12-30)54-47(59)39-7-3-4-8-40(39)48(54)60/h1-8,27-36H,9-26H2. The van der Waals surface area contributed by atoms with Gasteiger partial charge in [-0.3, -0.25) is 57.3 Å². The maximum absolute atomic E-state index is 13.9. The van der Waals surface area contributed by atoms with E-state index in [4.69, 9.17) is 0 Å². The van der Waals surface area contributed by atoms with Crippen molar-refractivity contribution in [1.82, 2.24) is 18.9 Å². The number of aromatic nitrogens is 2. The van der Waals surface area contributed by atoms with Crippen molar-refractivity contribution in [2.45, 2.75) is 140 Å². The van der Waals surface area contributed by atoms with Gasteiger partial charge < -0.3 is 0 Å². The topological polar surface area (TPSA) is 153 Å². The molecular formula is C52H54N4O8. The first-order valence-electron chi connectivity index (χ1n) is 23.9. The molecule has 0 N–H and O–H groups in total. The zero-order valence-corrected chi connectivity index (χ0v) is 36.2. The number of carbonyl (C=O) groups is 4. The maximum Gasteiger partial charge on any atom is 0.261 e. The minimum Gasteiger partial charge on any atom is -0.271 e. The maximum atomic E-state index is 13.9. The molecular weight excluding hydrogens is 809 g/mol. The minimum absolute atomic E-state index is 0.0673. The van der Waals surface area contributed by atoms with Crippen molar-refractivity contribution in [3.05, 3.63) is 124 Å². The molecule has 0 saturated heterocycles. The fourth-order valence-corrected chi connectivity index (χ4v) is 13.3. The number of hydrogen-bond acceptors (Lipinski definition) is 8. The van der Waals surface area contributed by atoms with Gasteiger partial charge in [0.2, 0.25) is 0 Å². The minimum atomic E-state index is -0.380. The van der Waals surface area contributed by atoms with Crippen LogP contribution in [-0.2, 0) is 0 Å². The van der Waals surface area contributed by atoms with Crippen molar-refractivity contribution in [2.24, 2.45) is 23.7 Å². The van der Waals surface area contributed by atoms with Crippen molar-refractivity contribution in [3.8, 4) is 0 Å². The fourth-order valence-electron chi connectivity index (χ4n) is 13.3. The zero-order chi connectivity index (χ0) is 44.0. The molecule has 4 aliphatic carbocycles. The van der Waals surface area contributed by atoms with Crippen LogP contribution in [0.25, 0.3) is 21.5 Å². The van der Waals surface area contributed by atoms with Crippen LogP contribution >= 0.6 is 0 Å². The number of amides is 4. The Balaban J connectivity index is 0.688. The summed E-state index contributed by atoms with van der Waals surface area (Å²) in [4.78, 5) is 111. The highest BCUT2D eigenvalue weighted by Crippen LogP contribution is 2.42. The summed E-state index contributed by atoms with van der Waals surface area (Å²) in [5, 5.41) is 0.852. The molecule has 6 aliphatic rings. The largest absolute Gasteiger partial charge is 0.271 e. The zero-order valence-electron chi connectivity index (χ0n) is 36.2. The molecule has 5 aromatic rings. The van der Waals surface area contributed by atoms with Gasteiger partial charge in [-0.05, 0) is 176 Å². The summed E-state index contributed by atoms with van der Waals surface area (Å²) in [6.45, 7) is 0. The van der Waals surface area contributed by atoms with Gasteiger partial charge in [0.1, 0.15) is 0 Å². The normalized spacial score (nSPS) is 28.7. The van der Waals surface area contributed by atoms with Crippen LogP contribution in [0.3, 0.4) is 0 Å². The molecule has 2 aromatic heterocycles. The molecule has 4 fully saturated rings. The second-order valence-corrected chi connectivity index (χ2v) is 20.1. The van der Waals surface area contributed by atoms with E-state index in [0.29, 0.717) is 71.6 Å². The summed E-state index contributed by atoms with van der Waals surface area (Å²) in [6.07, 6.45) is 15.7. The van der Waals surface area contributed by atoms with Gasteiger partial charge in [-0.2, -0.15) is 0 Å². The Morgan fingerprint density at radius 3 is 0.812 bits per heavy atom. The quantitative estimate of drug-likeness (QED) is 0.143. The number of nitrogens with zero attached hydrogens (tertiary/aromatic N) is 4. The third kappa shape index (κ3) is 6.68. The number of carbonyl (C=O) groups excluding carboxylic acids is 4. The molecule has 64 heavy (non-hydrogen) atoms. The molecule has 0 spiro atoms. The van der Waals surface area contributed by atoms with Crippen molar-refractivity contribution in [3.63, 3.8) is 0 Å². The van der Waals surface area contributed by atoms with E-state index in [0.717, 1.165) is 89.9 Å². The van der Waals surface area contributed by atoms with Crippen LogP contribution in [0.1, 0.15) is 169 Å². The predicted molar refractivity (Wildman–Crippen MR) is 241 cm³/mol. The summed E-state index contributed by atoms with van der Waals surface area (Å²) in [7, 11) is 0. The Labute approximate surface area is 369 Å². The first-order valence-corrected chi connectivity index (χ1v) is 23.9. The van der Waals surface area contributed by atoms with Gasteiger partial charge in [-0.25, -0.2) is 0 Å². The summed E-state index contributed by atoms with van der Waals surface area (Å²) in [5.74, 6) is 1.27. The predicted octanol–water partition coefficient (Wildman–Crippen LogP) is 7.87. The molecule has 0 radical (unpaired) electrons. The Bertz CT molecular complexity index is 2600. The Morgan fingerprint density at radius 1 is 0.328 bits per heavy atom. The SMILES string of the molecule is O=C1c2ccccc2C(=O)N1C1CCC(CC2CCC(n3c(=O)c4cc5c(=O)n(C6CCC(CC7CCC(N8C(=O)c9ccccc9C8=O)CC7)CC6)c(=O)c5cc4c3=O)CC2)CC1. The molecule has 12 heteroatoms. The van der Waals surface area contributed by atoms with E-state index in [1.165, 1.54) is 31.1 Å². The van der Waals surface area contributed by atoms with Gasteiger partial charge in [0.25, 0.3) is 45.9 Å². The average Bonchev–Trinajstić information content (AvgIpc) is 3.92.